The summed E-state index contributed by atoms with van der Waals surface area (Å²) < 4.78 is 93.9. The van der Waals surface area contributed by atoms with E-state index in [0.717, 1.165) is 31.2 Å². The first-order valence-corrected chi connectivity index (χ1v) is 15.9. The topological polar surface area (TPSA) is 122 Å². The Morgan fingerprint density at radius 3 is 2.69 bits per heavy atom. The molecule has 0 saturated carbocycles. The van der Waals surface area contributed by atoms with Crippen LogP contribution >= 0.6 is 11.3 Å². The molecule has 3 aliphatic rings. The van der Waals surface area contributed by atoms with Gasteiger partial charge in [0.1, 0.15) is 34.4 Å². The van der Waals surface area contributed by atoms with Crippen molar-refractivity contribution in [1.82, 2.24) is 29.9 Å². The van der Waals surface area contributed by atoms with Gasteiger partial charge in [0.2, 0.25) is 0 Å². The van der Waals surface area contributed by atoms with E-state index in [9.17, 15) is 27.2 Å². The lowest BCUT2D eigenvalue weighted by atomic mass is 9.92. The molecule has 17 heteroatoms. The zero-order valence-electron chi connectivity index (χ0n) is 25.4. The van der Waals surface area contributed by atoms with Crippen LogP contribution in [0.2, 0.25) is 0 Å². The van der Waals surface area contributed by atoms with E-state index in [1.807, 2.05) is 0 Å². The number of nitriles is 1. The molecular weight excluding hydrogens is 660 g/mol. The van der Waals surface area contributed by atoms with Crippen LogP contribution in [0.4, 0.5) is 37.2 Å². The van der Waals surface area contributed by atoms with Crippen molar-refractivity contribution >= 4 is 43.1 Å². The van der Waals surface area contributed by atoms with E-state index in [4.69, 9.17) is 10.5 Å². The standard InChI is InChI=1S/C24H15F5N8OS.C7H12FN/c1-38-23-33-19-12(22(34-23)36-4-5-37-10(9-36)8-32-35-37)6-14(24(27,28)29)17(18(19)26)11-2-3-15(25)20-16(11)13(7-30)21(31)39-20;8-6-4-7-2-1-3-9(7)5-6/h2-3,6,8H,4-5,9,31H2,1H3;6-7H,1-5H2. The molecule has 2 atom stereocenters. The maximum atomic E-state index is 16.4. The molecule has 0 radical (unpaired) electrons. The number of anilines is 2. The van der Waals surface area contributed by atoms with Crippen LogP contribution in [0.3, 0.4) is 0 Å². The van der Waals surface area contributed by atoms with Gasteiger partial charge in [0.25, 0.3) is 0 Å². The molecule has 2 saturated heterocycles. The first-order valence-electron chi connectivity index (χ1n) is 15.0. The summed E-state index contributed by atoms with van der Waals surface area (Å²) in [7, 11) is 1.25. The Bertz CT molecular complexity index is 2080. The van der Waals surface area contributed by atoms with Crippen molar-refractivity contribution < 1.29 is 31.1 Å². The summed E-state index contributed by atoms with van der Waals surface area (Å²) in [6.07, 6.45) is -0.708. The lowest BCUT2D eigenvalue weighted by molar-refractivity contribution is -0.137. The second-order valence-electron chi connectivity index (χ2n) is 11.8. The molecule has 3 aliphatic heterocycles. The quantitative estimate of drug-likeness (QED) is 0.225. The molecule has 10 nitrogen and oxygen atoms in total. The Labute approximate surface area is 273 Å². The molecule has 0 bridgehead atoms. The number of methoxy groups -OCH3 is 1. The van der Waals surface area contributed by atoms with Gasteiger partial charge in [0.15, 0.2) is 5.82 Å². The number of hydrogen-bond donors (Lipinski definition) is 1. The summed E-state index contributed by atoms with van der Waals surface area (Å²) in [5.74, 6) is -2.10. The number of halogens is 6. The average molecular weight is 688 g/mol. The number of benzene rings is 2. The number of nitrogen functional groups attached to an aromatic ring is 1. The molecule has 2 unspecified atom stereocenters. The summed E-state index contributed by atoms with van der Waals surface area (Å²) in [6.45, 7) is 2.73. The lowest BCUT2D eigenvalue weighted by Crippen LogP contribution is -2.34. The zero-order valence-corrected chi connectivity index (χ0v) is 26.2. The average Bonchev–Trinajstić information content (AvgIpc) is 3.84. The van der Waals surface area contributed by atoms with Crippen molar-refractivity contribution in [2.75, 3.05) is 37.4 Å². The minimum absolute atomic E-state index is 0.0296. The SMILES string of the molecule is COc1nc(N2CCn3nncc3C2)c2cc(C(F)(F)F)c(-c3ccc(F)c4sc(N)c(C#N)c34)c(F)c2n1.FC1CC2CCCN2C1. The molecule has 6 heterocycles. The molecule has 2 N–H and O–H groups in total. The van der Waals surface area contributed by atoms with Crippen LogP contribution in [-0.2, 0) is 19.3 Å². The highest BCUT2D eigenvalue weighted by Gasteiger charge is 2.39. The number of rotatable bonds is 3. The summed E-state index contributed by atoms with van der Waals surface area (Å²) >= 11 is 0.696. The van der Waals surface area contributed by atoms with E-state index in [1.165, 1.54) is 26.1 Å². The largest absolute Gasteiger partial charge is 0.467 e. The minimum atomic E-state index is -5.04. The first kappa shape index (κ1) is 31.9. The highest BCUT2D eigenvalue weighted by molar-refractivity contribution is 7.23. The van der Waals surface area contributed by atoms with Gasteiger partial charge in [-0.3, -0.25) is 4.90 Å². The number of alkyl halides is 4. The van der Waals surface area contributed by atoms with Crippen molar-refractivity contribution in [2.45, 2.75) is 50.7 Å². The van der Waals surface area contributed by atoms with Gasteiger partial charge in [0.05, 0.1) is 47.9 Å². The van der Waals surface area contributed by atoms with Crippen molar-refractivity contribution in [1.29, 1.82) is 5.26 Å². The van der Waals surface area contributed by atoms with Crippen molar-refractivity contribution in [3.63, 3.8) is 0 Å². The number of fused-ring (bicyclic) bond motifs is 4. The molecule has 2 aromatic carbocycles. The fraction of sp³-hybridized carbons (Fsp3) is 0.387. The highest BCUT2D eigenvalue weighted by atomic mass is 32.1. The van der Waals surface area contributed by atoms with Gasteiger partial charge in [-0.05, 0) is 43.5 Å². The third-order valence-electron chi connectivity index (χ3n) is 8.97. The summed E-state index contributed by atoms with van der Waals surface area (Å²) in [4.78, 5) is 12.2. The first-order chi connectivity index (χ1) is 23.0. The Hall–Kier alpha value is -4.69. The van der Waals surface area contributed by atoms with Gasteiger partial charge in [0, 0.05) is 35.5 Å². The van der Waals surface area contributed by atoms with Gasteiger partial charge in [-0.2, -0.15) is 28.4 Å². The predicted molar refractivity (Wildman–Crippen MR) is 166 cm³/mol. The molecule has 48 heavy (non-hydrogen) atoms. The predicted octanol–water partition coefficient (Wildman–Crippen LogP) is 6.08. The number of thiophene rings is 1. The Balaban J connectivity index is 0.000000347. The van der Waals surface area contributed by atoms with Crippen LogP contribution in [0.1, 0.15) is 36.1 Å². The van der Waals surface area contributed by atoms with Crippen LogP contribution in [0.25, 0.3) is 32.1 Å². The smallest absolute Gasteiger partial charge is 0.417 e. The van der Waals surface area contributed by atoms with Crippen molar-refractivity contribution in [2.24, 2.45) is 0 Å². The van der Waals surface area contributed by atoms with Gasteiger partial charge in [-0.1, -0.05) is 11.3 Å². The van der Waals surface area contributed by atoms with Crippen LogP contribution in [0.5, 0.6) is 6.01 Å². The van der Waals surface area contributed by atoms with Crippen molar-refractivity contribution in [3.8, 4) is 23.2 Å². The molecule has 8 rings (SSSR count). The maximum absolute atomic E-state index is 16.4. The van der Waals surface area contributed by atoms with Gasteiger partial charge in [-0.15, -0.1) is 16.4 Å². The summed E-state index contributed by atoms with van der Waals surface area (Å²) in [5, 5.41) is 16.9. The maximum Gasteiger partial charge on any atom is 0.417 e. The normalized spacial score (nSPS) is 19.2. The molecule has 250 valence electrons. The van der Waals surface area contributed by atoms with E-state index in [1.54, 1.807) is 15.7 Å². The zero-order chi connectivity index (χ0) is 33.9. The van der Waals surface area contributed by atoms with Crippen LogP contribution in [-0.4, -0.2) is 68.8 Å². The number of nitrogens with two attached hydrogens (primary N) is 1. The van der Waals surface area contributed by atoms with E-state index in [2.05, 4.69) is 25.2 Å². The van der Waals surface area contributed by atoms with Gasteiger partial charge in [-0.25, -0.2) is 17.9 Å². The molecular formula is C31H27F6N9OS. The molecule has 0 amide bonds. The summed E-state index contributed by atoms with van der Waals surface area (Å²) in [5.41, 5.74) is 3.31. The highest BCUT2D eigenvalue weighted by Crippen LogP contribution is 2.48. The number of aromatic nitrogens is 5. The Morgan fingerprint density at radius 2 is 1.96 bits per heavy atom. The molecule has 2 fully saturated rings. The molecule has 3 aromatic heterocycles. The van der Waals surface area contributed by atoms with Crippen molar-refractivity contribution in [3.05, 3.63) is 52.9 Å². The van der Waals surface area contributed by atoms with Gasteiger partial charge >= 0.3 is 12.2 Å². The van der Waals surface area contributed by atoms with E-state index in [0.29, 0.717) is 42.7 Å². The van der Waals surface area contributed by atoms with Crippen LogP contribution in [0, 0.1) is 23.0 Å². The Kier molecular flexibility index (Phi) is 8.03. The van der Waals surface area contributed by atoms with E-state index >= 15 is 4.39 Å². The third kappa shape index (κ3) is 5.42. The molecule has 0 spiro atoms. The molecule has 0 aliphatic carbocycles. The second kappa shape index (κ2) is 12.1. The Morgan fingerprint density at radius 1 is 1.15 bits per heavy atom. The number of nitrogens with zero attached hydrogens (tertiary/aromatic N) is 8. The fourth-order valence-corrected chi connectivity index (χ4v) is 7.76. The van der Waals surface area contributed by atoms with E-state index in [-0.39, 0.29) is 50.0 Å². The molecule has 5 aromatic rings. The second-order valence-corrected chi connectivity index (χ2v) is 12.8. The fourth-order valence-electron chi connectivity index (χ4n) is 6.81. The minimum Gasteiger partial charge on any atom is -0.467 e. The van der Waals surface area contributed by atoms with Crippen LogP contribution in [0.15, 0.2) is 24.4 Å². The van der Waals surface area contributed by atoms with Crippen LogP contribution < -0.4 is 15.4 Å². The third-order valence-corrected chi connectivity index (χ3v) is 10.00. The monoisotopic (exact) mass is 687 g/mol. The summed E-state index contributed by atoms with van der Waals surface area (Å²) in [6, 6.07) is 4.83. The van der Waals surface area contributed by atoms with E-state index < -0.39 is 40.6 Å². The lowest BCUT2D eigenvalue weighted by Gasteiger charge is -2.29. The number of hydrogen-bond acceptors (Lipinski definition) is 10. The number of ether oxygens (including phenoxy) is 1. The van der Waals surface area contributed by atoms with Gasteiger partial charge < -0.3 is 15.4 Å².